The third-order valence-electron chi connectivity index (χ3n) is 4.97. The molecule has 1 aliphatic rings. The number of ether oxygens (including phenoxy) is 1. The molecule has 6 nitrogen and oxygen atoms in total. The van der Waals surface area contributed by atoms with Crippen molar-refractivity contribution in [3.05, 3.63) is 39.2 Å². The number of methoxy groups -OCH3 is 1. The summed E-state index contributed by atoms with van der Waals surface area (Å²) in [7, 11) is 1.41. The molecule has 160 valence electrons. The van der Waals surface area contributed by atoms with Crippen molar-refractivity contribution in [1.82, 2.24) is 10.3 Å². The number of nitrogens with zero attached hydrogens (tertiary/aromatic N) is 2. The fourth-order valence-corrected chi connectivity index (χ4v) is 4.73. The number of piperidine rings is 1. The van der Waals surface area contributed by atoms with Crippen molar-refractivity contribution in [2.75, 3.05) is 20.2 Å². The van der Waals surface area contributed by atoms with Crippen LogP contribution in [0.2, 0.25) is 10.0 Å². The molecule has 30 heavy (non-hydrogen) atoms. The van der Waals surface area contributed by atoms with Gasteiger partial charge in [0.15, 0.2) is 5.11 Å². The second-order valence-electron chi connectivity index (χ2n) is 6.85. The predicted octanol–water partition coefficient (Wildman–Crippen LogP) is 4.91. The molecule has 1 fully saturated rings. The third-order valence-corrected chi connectivity index (χ3v) is 7.08. The van der Waals surface area contributed by atoms with Gasteiger partial charge in [0.25, 0.3) is 0 Å². The SMILES string of the molecule is COC(=O)C1CCN(C(=S)NN=C(C)c2csc(-c3ccc(Cl)c(Cl)c3)c2O)CC1. The molecule has 0 unspecified atom stereocenters. The lowest BCUT2D eigenvalue weighted by atomic mass is 9.97. The van der Waals surface area contributed by atoms with Crippen molar-refractivity contribution >= 4 is 63.5 Å². The summed E-state index contributed by atoms with van der Waals surface area (Å²) in [4.78, 5) is 14.3. The van der Waals surface area contributed by atoms with E-state index in [1.165, 1.54) is 18.4 Å². The number of rotatable bonds is 4. The van der Waals surface area contributed by atoms with E-state index < -0.39 is 0 Å². The second kappa shape index (κ2) is 9.96. The number of thiocarbonyl (C=S) groups is 1. The summed E-state index contributed by atoms with van der Waals surface area (Å²) >= 11 is 18.9. The molecule has 0 atom stereocenters. The Hall–Kier alpha value is -1.87. The van der Waals surface area contributed by atoms with E-state index in [0.29, 0.717) is 57.2 Å². The summed E-state index contributed by atoms with van der Waals surface area (Å²) in [5.74, 6) is -0.124. The predicted molar refractivity (Wildman–Crippen MR) is 126 cm³/mol. The summed E-state index contributed by atoms with van der Waals surface area (Å²) in [6.07, 6.45) is 1.38. The van der Waals surface area contributed by atoms with Crippen LogP contribution in [0.25, 0.3) is 10.4 Å². The summed E-state index contributed by atoms with van der Waals surface area (Å²) in [5, 5.41) is 18.2. The van der Waals surface area contributed by atoms with Crippen LogP contribution in [-0.4, -0.2) is 47.0 Å². The van der Waals surface area contributed by atoms with Crippen LogP contribution < -0.4 is 5.43 Å². The lowest BCUT2D eigenvalue weighted by Gasteiger charge is -2.31. The highest BCUT2D eigenvalue weighted by molar-refractivity contribution is 7.80. The molecule has 2 N–H and O–H groups in total. The van der Waals surface area contributed by atoms with Crippen molar-refractivity contribution in [1.29, 1.82) is 0 Å². The van der Waals surface area contributed by atoms with Gasteiger partial charge >= 0.3 is 5.97 Å². The first kappa shape index (κ1) is 22.8. The fraction of sp³-hybridized carbons (Fsp3) is 0.350. The van der Waals surface area contributed by atoms with Crippen molar-refractivity contribution in [2.24, 2.45) is 11.0 Å². The van der Waals surface area contributed by atoms with Crippen LogP contribution in [-0.2, 0) is 9.53 Å². The first-order valence-corrected chi connectivity index (χ1v) is 11.3. The molecule has 2 heterocycles. The Morgan fingerprint density at radius 2 is 2.03 bits per heavy atom. The quantitative estimate of drug-likeness (QED) is 0.277. The zero-order valence-electron chi connectivity index (χ0n) is 16.4. The average molecular weight is 486 g/mol. The molecule has 2 aromatic rings. The first-order valence-electron chi connectivity index (χ1n) is 9.25. The maximum absolute atomic E-state index is 11.6. The van der Waals surface area contributed by atoms with E-state index in [-0.39, 0.29) is 17.6 Å². The Morgan fingerprint density at radius 3 is 2.67 bits per heavy atom. The standard InChI is InChI=1S/C20H21Cl2N3O3S2/c1-11(23-24-20(29)25-7-5-12(6-8-25)19(27)28-2)14-10-30-18(17(14)26)13-3-4-15(21)16(22)9-13/h3-4,9-10,12,26H,5-8H2,1-2H3,(H,24,29). The molecule has 1 saturated heterocycles. The maximum atomic E-state index is 11.6. The Labute approximate surface area is 194 Å². The van der Waals surface area contributed by atoms with Gasteiger partial charge in [-0.25, -0.2) is 0 Å². The van der Waals surface area contributed by atoms with E-state index in [9.17, 15) is 9.90 Å². The lowest BCUT2D eigenvalue weighted by Crippen LogP contribution is -2.44. The van der Waals surface area contributed by atoms with E-state index in [0.717, 1.165) is 5.56 Å². The summed E-state index contributed by atoms with van der Waals surface area (Å²) < 4.78 is 4.81. The molecule has 3 rings (SSSR count). The van der Waals surface area contributed by atoms with E-state index in [1.54, 1.807) is 25.1 Å². The number of hydrogen-bond acceptors (Lipinski definition) is 6. The van der Waals surface area contributed by atoms with Gasteiger partial charge in [0.2, 0.25) is 0 Å². The number of halogens is 2. The highest BCUT2D eigenvalue weighted by Gasteiger charge is 2.26. The summed E-state index contributed by atoms with van der Waals surface area (Å²) in [6, 6.07) is 5.22. The maximum Gasteiger partial charge on any atom is 0.308 e. The van der Waals surface area contributed by atoms with E-state index in [2.05, 4.69) is 10.5 Å². The van der Waals surface area contributed by atoms with Crippen LogP contribution in [0.5, 0.6) is 5.75 Å². The number of benzene rings is 1. The second-order valence-corrected chi connectivity index (χ2v) is 8.94. The highest BCUT2D eigenvalue weighted by atomic mass is 35.5. The average Bonchev–Trinajstić information content (AvgIpc) is 3.14. The van der Waals surface area contributed by atoms with Crippen molar-refractivity contribution in [2.45, 2.75) is 19.8 Å². The number of carbonyl (C=O) groups excluding carboxylic acids is 1. The molecule has 1 aliphatic heterocycles. The fourth-order valence-electron chi connectivity index (χ4n) is 3.20. The molecule has 10 heteroatoms. The minimum Gasteiger partial charge on any atom is -0.506 e. The molecular formula is C20H21Cl2N3O3S2. The van der Waals surface area contributed by atoms with E-state index in [1.807, 2.05) is 10.3 Å². The van der Waals surface area contributed by atoms with Crippen LogP contribution in [0.3, 0.4) is 0 Å². The van der Waals surface area contributed by atoms with Crippen LogP contribution in [0, 0.1) is 5.92 Å². The molecule has 1 aromatic carbocycles. The normalized spacial score (nSPS) is 15.2. The number of thiophene rings is 1. The Morgan fingerprint density at radius 1 is 1.33 bits per heavy atom. The molecule has 0 amide bonds. The van der Waals surface area contributed by atoms with E-state index >= 15 is 0 Å². The third kappa shape index (κ3) is 5.06. The Bertz CT molecular complexity index is 986. The van der Waals surface area contributed by atoms with Gasteiger partial charge in [-0.1, -0.05) is 29.3 Å². The van der Waals surface area contributed by atoms with Crippen LogP contribution in [0.4, 0.5) is 0 Å². The Balaban J connectivity index is 1.65. The van der Waals surface area contributed by atoms with Gasteiger partial charge in [0.1, 0.15) is 5.75 Å². The van der Waals surface area contributed by atoms with E-state index in [4.69, 9.17) is 40.2 Å². The van der Waals surface area contributed by atoms with Crippen molar-refractivity contribution in [3.63, 3.8) is 0 Å². The molecule has 0 aliphatic carbocycles. The van der Waals surface area contributed by atoms with Crippen LogP contribution in [0.1, 0.15) is 25.3 Å². The first-order chi connectivity index (χ1) is 14.3. The summed E-state index contributed by atoms with van der Waals surface area (Å²) in [5.41, 5.74) is 4.88. The molecule has 1 aromatic heterocycles. The monoisotopic (exact) mass is 485 g/mol. The topological polar surface area (TPSA) is 74.2 Å². The smallest absolute Gasteiger partial charge is 0.308 e. The van der Waals surface area contributed by atoms with Gasteiger partial charge in [-0.05, 0) is 49.7 Å². The Kier molecular flexibility index (Phi) is 7.57. The number of likely N-dealkylation sites (tertiary alicyclic amines) is 1. The zero-order valence-corrected chi connectivity index (χ0v) is 19.6. The van der Waals surface area contributed by atoms with Crippen LogP contribution in [0.15, 0.2) is 28.7 Å². The largest absolute Gasteiger partial charge is 0.506 e. The van der Waals surface area contributed by atoms with Gasteiger partial charge in [-0.2, -0.15) is 5.10 Å². The number of esters is 1. The van der Waals surface area contributed by atoms with Gasteiger partial charge in [0.05, 0.1) is 39.2 Å². The highest BCUT2D eigenvalue weighted by Crippen LogP contribution is 2.40. The van der Waals surface area contributed by atoms with Crippen molar-refractivity contribution in [3.8, 4) is 16.2 Å². The van der Waals surface area contributed by atoms with Gasteiger partial charge < -0.3 is 14.7 Å². The number of nitrogens with one attached hydrogen (secondary N) is 1. The van der Waals surface area contributed by atoms with Gasteiger partial charge in [-0.3, -0.25) is 10.2 Å². The molecule has 0 spiro atoms. The van der Waals surface area contributed by atoms with Gasteiger partial charge in [0, 0.05) is 18.5 Å². The molecular weight excluding hydrogens is 465 g/mol. The lowest BCUT2D eigenvalue weighted by molar-refractivity contribution is -0.146. The minimum atomic E-state index is -0.173. The minimum absolute atomic E-state index is 0.0816. The molecule has 0 bridgehead atoms. The summed E-state index contributed by atoms with van der Waals surface area (Å²) in [6.45, 7) is 3.11. The number of carbonyl (C=O) groups is 1. The molecule has 0 saturated carbocycles. The molecule has 0 radical (unpaired) electrons. The van der Waals surface area contributed by atoms with Gasteiger partial charge in [-0.15, -0.1) is 11.3 Å². The van der Waals surface area contributed by atoms with Crippen molar-refractivity contribution < 1.29 is 14.6 Å². The zero-order chi connectivity index (χ0) is 21.8. The number of hydrogen-bond donors (Lipinski definition) is 2. The number of hydrazone groups is 1. The van der Waals surface area contributed by atoms with Crippen LogP contribution >= 0.6 is 46.8 Å². The number of aromatic hydroxyl groups is 1.